The molecule has 0 spiro atoms. The molecule has 22 heavy (non-hydrogen) atoms. The third-order valence-corrected chi connectivity index (χ3v) is 4.69. The summed E-state index contributed by atoms with van der Waals surface area (Å²) < 4.78 is 2.15. The number of allylic oxidation sites excluding steroid dienone is 3. The molecule has 0 aliphatic heterocycles. The van der Waals surface area contributed by atoms with E-state index in [0.717, 1.165) is 12.1 Å². The van der Waals surface area contributed by atoms with Gasteiger partial charge in [0.05, 0.1) is 5.69 Å². The standard InChI is InChI=1S/C20H21NS/c1-5-11-17(6-2)19-14-10-15-20(16(19)3)22-21(4)18-12-8-7-9-13-18/h5,8,10-15H,1,6H2,2-4H3/b17-11-. The van der Waals surface area contributed by atoms with Crippen molar-refractivity contribution >= 4 is 23.2 Å². The normalized spacial score (nSPS) is 11.0. The highest BCUT2D eigenvalue weighted by Crippen LogP contribution is 2.33. The molecule has 2 rings (SSSR count). The number of nitrogens with zero attached hydrogens (tertiary/aromatic N) is 1. The van der Waals surface area contributed by atoms with Gasteiger partial charge in [0.15, 0.2) is 0 Å². The zero-order valence-electron chi connectivity index (χ0n) is 13.4. The van der Waals surface area contributed by atoms with E-state index in [1.165, 1.54) is 21.6 Å². The van der Waals surface area contributed by atoms with Gasteiger partial charge in [0.1, 0.15) is 0 Å². The number of anilines is 1. The maximum absolute atomic E-state index is 3.82. The van der Waals surface area contributed by atoms with Crippen molar-refractivity contribution in [2.24, 2.45) is 0 Å². The zero-order chi connectivity index (χ0) is 15.9. The van der Waals surface area contributed by atoms with Gasteiger partial charge < -0.3 is 4.31 Å². The largest absolute Gasteiger partial charge is 0.315 e. The van der Waals surface area contributed by atoms with Crippen LogP contribution < -0.4 is 4.31 Å². The lowest BCUT2D eigenvalue weighted by molar-refractivity contribution is 1.19. The first-order valence-corrected chi connectivity index (χ1v) is 8.15. The molecule has 0 atom stereocenters. The summed E-state index contributed by atoms with van der Waals surface area (Å²) in [5, 5.41) is 0. The summed E-state index contributed by atoms with van der Waals surface area (Å²) in [6, 6.07) is 18.3. The molecule has 0 saturated heterocycles. The van der Waals surface area contributed by atoms with Gasteiger partial charge in [0.25, 0.3) is 0 Å². The fourth-order valence-corrected chi connectivity index (χ4v) is 3.24. The molecule has 112 valence electrons. The second-order valence-electron chi connectivity index (χ2n) is 4.99. The third-order valence-electron chi connectivity index (χ3n) is 3.57. The van der Waals surface area contributed by atoms with Gasteiger partial charge in [-0.25, -0.2) is 0 Å². The average molecular weight is 307 g/mol. The van der Waals surface area contributed by atoms with Gasteiger partial charge in [-0.05, 0) is 60.2 Å². The summed E-state index contributed by atoms with van der Waals surface area (Å²) in [7, 11) is 2.07. The molecular weight excluding hydrogens is 286 g/mol. The lowest BCUT2D eigenvalue weighted by atomic mass is 9.98. The minimum absolute atomic E-state index is 1.00. The van der Waals surface area contributed by atoms with Gasteiger partial charge >= 0.3 is 0 Å². The molecule has 0 bridgehead atoms. The van der Waals surface area contributed by atoms with Crippen LogP contribution in [0, 0.1) is 19.1 Å². The van der Waals surface area contributed by atoms with Crippen molar-refractivity contribution < 1.29 is 0 Å². The van der Waals surface area contributed by atoms with Gasteiger partial charge in [0.2, 0.25) is 0 Å². The SMILES string of the molecule is C=C/C=C(/CC)c1cccc(SN(C)c2cc#ccc2)c1C. The second-order valence-corrected chi connectivity index (χ2v) is 6.16. The van der Waals surface area contributed by atoms with E-state index in [4.69, 9.17) is 0 Å². The first kappa shape index (κ1) is 16.3. The Morgan fingerprint density at radius 3 is 2.77 bits per heavy atom. The molecule has 2 heteroatoms. The van der Waals surface area contributed by atoms with Gasteiger partial charge in [-0.15, -0.1) is 0 Å². The molecule has 0 unspecified atom stereocenters. The highest BCUT2D eigenvalue weighted by atomic mass is 32.2. The Balaban J connectivity index is 2.29. The molecule has 0 saturated carbocycles. The van der Waals surface area contributed by atoms with Crippen molar-refractivity contribution in [3.05, 3.63) is 78.4 Å². The highest BCUT2D eigenvalue weighted by molar-refractivity contribution is 8.00. The van der Waals surface area contributed by atoms with Crippen LogP contribution in [0.1, 0.15) is 24.5 Å². The van der Waals surface area contributed by atoms with Crippen molar-refractivity contribution in [2.75, 3.05) is 11.4 Å². The summed E-state index contributed by atoms with van der Waals surface area (Å²) in [4.78, 5) is 1.26. The van der Waals surface area contributed by atoms with E-state index >= 15 is 0 Å². The maximum Gasteiger partial charge on any atom is 0.0559 e. The predicted octanol–water partition coefficient (Wildman–Crippen LogP) is 5.72. The molecule has 0 fully saturated rings. The van der Waals surface area contributed by atoms with Crippen molar-refractivity contribution in [2.45, 2.75) is 25.2 Å². The van der Waals surface area contributed by atoms with E-state index in [1.807, 2.05) is 24.3 Å². The van der Waals surface area contributed by atoms with Gasteiger partial charge in [-0.3, -0.25) is 0 Å². The number of hydrogen-bond acceptors (Lipinski definition) is 2. The number of rotatable bonds is 6. The summed E-state index contributed by atoms with van der Waals surface area (Å²) >= 11 is 1.73. The first-order valence-electron chi connectivity index (χ1n) is 7.38. The van der Waals surface area contributed by atoms with Crippen LogP contribution in [-0.4, -0.2) is 7.05 Å². The quantitative estimate of drug-likeness (QED) is 0.496. The average Bonchev–Trinajstić information content (AvgIpc) is 2.55. The molecule has 1 nitrogen and oxygen atoms in total. The smallest absolute Gasteiger partial charge is 0.0559 e. The van der Waals surface area contributed by atoms with Crippen LogP contribution in [0.2, 0.25) is 0 Å². The van der Waals surface area contributed by atoms with Crippen LogP contribution in [0.25, 0.3) is 5.57 Å². The van der Waals surface area contributed by atoms with E-state index in [9.17, 15) is 0 Å². The first-order chi connectivity index (χ1) is 10.7. The molecular formula is C20H21NS. The van der Waals surface area contributed by atoms with Crippen LogP contribution in [0.15, 0.2) is 60.0 Å². The highest BCUT2D eigenvalue weighted by Gasteiger charge is 2.10. The Hall–Kier alpha value is -2.11. The lowest BCUT2D eigenvalue weighted by Crippen LogP contribution is -2.06. The topological polar surface area (TPSA) is 3.24 Å². The minimum atomic E-state index is 1.00. The Labute approximate surface area is 138 Å². The lowest BCUT2D eigenvalue weighted by Gasteiger charge is -2.20. The van der Waals surface area contributed by atoms with Crippen molar-refractivity contribution in [3.63, 3.8) is 0 Å². The van der Waals surface area contributed by atoms with E-state index in [-0.39, 0.29) is 0 Å². The monoisotopic (exact) mass is 307 g/mol. The van der Waals surface area contributed by atoms with Crippen molar-refractivity contribution in [1.29, 1.82) is 0 Å². The summed E-state index contributed by atoms with van der Waals surface area (Å²) in [6.07, 6.45) is 4.96. The van der Waals surface area contributed by atoms with Gasteiger partial charge in [-0.1, -0.05) is 49.9 Å². The maximum atomic E-state index is 3.82. The van der Waals surface area contributed by atoms with Gasteiger partial charge in [-0.2, -0.15) is 0 Å². The van der Waals surface area contributed by atoms with Crippen molar-refractivity contribution in [1.82, 2.24) is 0 Å². The molecule has 0 heterocycles. The Kier molecular flexibility index (Phi) is 5.75. The zero-order valence-corrected chi connectivity index (χ0v) is 14.2. The summed E-state index contributed by atoms with van der Waals surface area (Å²) in [6.45, 7) is 8.18. The second kappa shape index (κ2) is 7.77. The fraction of sp³-hybridized carbons (Fsp3) is 0.200. The third kappa shape index (κ3) is 3.75. The molecule has 0 radical (unpaired) electrons. The number of hydrogen-bond donors (Lipinski definition) is 0. The van der Waals surface area contributed by atoms with E-state index in [1.54, 1.807) is 11.9 Å². The van der Waals surface area contributed by atoms with E-state index < -0.39 is 0 Å². The number of benzene rings is 1. The van der Waals surface area contributed by atoms with E-state index in [0.29, 0.717) is 0 Å². The van der Waals surface area contributed by atoms with Gasteiger partial charge in [0, 0.05) is 18.0 Å². The van der Waals surface area contributed by atoms with Crippen LogP contribution in [0.3, 0.4) is 0 Å². The minimum Gasteiger partial charge on any atom is -0.315 e. The van der Waals surface area contributed by atoms with Crippen LogP contribution >= 0.6 is 11.9 Å². The fourth-order valence-electron chi connectivity index (χ4n) is 2.34. The summed E-state index contributed by atoms with van der Waals surface area (Å²) in [5.74, 6) is 0. The molecule has 0 aromatic heterocycles. The van der Waals surface area contributed by atoms with Crippen LogP contribution in [0.5, 0.6) is 0 Å². The van der Waals surface area contributed by atoms with Crippen molar-refractivity contribution in [3.8, 4) is 0 Å². The molecule has 0 aliphatic rings. The summed E-state index contributed by atoms with van der Waals surface area (Å²) in [5.41, 5.74) is 5.04. The Morgan fingerprint density at radius 1 is 1.32 bits per heavy atom. The Morgan fingerprint density at radius 2 is 2.14 bits per heavy atom. The molecule has 2 aromatic carbocycles. The molecule has 0 aliphatic carbocycles. The molecule has 2 aromatic rings. The van der Waals surface area contributed by atoms with Crippen LogP contribution in [-0.2, 0) is 0 Å². The van der Waals surface area contributed by atoms with E-state index in [2.05, 4.69) is 68.2 Å². The molecule has 0 N–H and O–H groups in total. The Bertz CT molecular complexity index is 659. The molecule has 0 amide bonds. The van der Waals surface area contributed by atoms with Crippen LogP contribution in [0.4, 0.5) is 5.69 Å². The predicted molar refractivity (Wildman–Crippen MR) is 98.0 cm³/mol.